The number of rotatable bonds is 7. The number of aromatic nitrogens is 2. The van der Waals surface area contributed by atoms with E-state index in [0.717, 1.165) is 31.6 Å². The van der Waals surface area contributed by atoms with Crippen molar-refractivity contribution in [2.45, 2.75) is 33.6 Å². The number of benzene rings is 1. The van der Waals surface area contributed by atoms with Crippen molar-refractivity contribution in [2.75, 3.05) is 18.4 Å². The van der Waals surface area contributed by atoms with E-state index in [2.05, 4.69) is 29.1 Å². The second-order valence-electron chi connectivity index (χ2n) is 5.58. The van der Waals surface area contributed by atoms with Crippen LogP contribution in [0.4, 0.5) is 11.6 Å². The van der Waals surface area contributed by atoms with Gasteiger partial charge in [-0.1, -0.05) is 31.5 Å². The Balaban J connectivity index is 2.05. The minimum Gasteiger partial charge on any atom is -0.339 e. The third-order valence-electron chi connectivity index (χ3n) is 3.48. The van der Waals surface area contributed by atoms with Gasteiger partial charge in [-0.25, -0.2) is 9.97 Å². The number of anilines is 2. The molecule has 0 fully saturated rings. The van der Waals surface area contributed by atoms with Gasteiger partial charge >= 0.3 is 0 Å². The van der Waals surface area contributed by atoms with Gasteiger partial charge in [0.25, 0.3) is 5.91 Å². The third-order valence-corrected chi connectivity index (χ3v) is 3.48. The van der Waals surface area contributed by atoms with Crippen molar-refractivity contribution in [2.24, 2.45) is 0 Å². The Kier molecular flexibility index (Phi) is 6.09. The van der Waals surface area contributed by atoms with Crippen molar-refractivity contribution in [3.63, 3.8) is 0 Å². The summed E-state index contributed by atoms with van der Waals surface area (Å²) in [6.45, 7) is 7.70. The standard InChI is InChI=1S/C18H24N4O/c1-4-10-22(11-5-2)17(23)15-12-19-18(20-13-15)21-16-8-6-14(3)7-9-16/h6-9,12-13H,4-5,10-11H2,1-3H3,(H,19,20,21). The molecule has 0 bridgehead atoms. The summed E-state index contributed by atoms with van der Waals surface area (Å²) in [5.41, 5.74) is 2.65. The number of hydrogen-bond acceptors (Lipinski definition) is 4. The Morgan fingerprint density at radius 2 is 1.61 bits per heavy atom. The molecule has 23 heavy (non-hydrogen) atoms. The van der Waals surface area contributed by atoms with Crippen LogP contribution >= 0.6 is 0 Å². The first-order valence-electron chi connectivity index (χ1n) is 8.09. The summed E-state index contributed by atoms with van der Waals surface area (Å²) in [7, 11) is 0. The zero-order valence-corrected chi connectivity index (χ0v) is 14.0. The Morgan fingerprint density at radius 1 is 1.04 bits per heavy atom. The van der Waals surface area contributed by atoms with Crippen LogP contribution in [0.25, 0.3) is 0 Å². The molecule has 0 aliphatic carbocycles. The number of aryl methyl sites for hydroxylation is 1. The number of hydrogen-bond donors (Lipinski definition) is 1. The van der Waals surface area contributed by atoms with E-state index in [1.807, 2.05) is 36.1 Å². The molecule has 0 saturated carbocycles. The fourth-order valence-corrected chi connectivity index (χ4v) is 2.31. The van der Waals surface area contributed by atoms with Crippen molar-refractivity contribution in [3.8, 4) is 0 Å². The molecule has 0 unspecified atom stereocenters. The van der Waals surface area contributed by atoms with Crippen molar-refractivity contribution in [3.05, 3.63) is 47.8 Å². The van der Waals surface area contributed by atoms with Crippen LogP contribution in [0.5, 0.6) is 0 Å². The molecule has 1 amide bonds. The highest BCUT2D eigenvalue weighted by Crippen LogP contribution is 2.14. The van der Waals surface area contributed by atoms with E-state index >= 15 is 0 Å². The Bertz CT molecular complexity index is 616. The van der Waals surface area contributed by atoms with Crippen LogP contribution in [0.1, 0.15) is 42.6 Å². The number of carbonyl (C=O) groups excluding carboxylic acids is 1. The molecule has 0 aliphatic heterocycles. The lowest BCUT2D eigenvalue weighted by Gasteiger charge is -2.21. The zero-order valence-electron chi connectivity index (χ0n) is 14.0. The van der Waals surface area contributed by atoms with Crippen LogP contribution in [0.2, 0.25) is 0 Å². The first-order chi connectivity index (χ1) is 11.1. The fourth-order valence-electron chi connectivity index (χ4n) is 2.31. The lowest BCUT2D eigenvalue weighted by Crippen LogP contribution is -2.32. The molecule has 0 radical (unpaired) electrons. The minimum atomic E-state index is -0.00409. The molecule has 1 aromatic carbocycles. The van der Waals surface area contributed by atoms with Crippen LogP contribution in [0.3, 0.4) is 0 Å². The van der Waals surface area contributed by atoms with Crippen LogP contribution in [-0.2, 0) is 0 Å². The van der Waals surface area contributed by atoms with E-state index in [9.17, 15) is 4.79 Å². The summed E-state index contributed by atoms with van der Waals surface area (Å²) in [6.07, 6.45) is 5.06. The highest BCUT2D eigenvalue weighted by Gasteiger charge is 2.15. The number of nitrogens with one attached hydrogen (secondary N) is 1. The average Bonchev–Trinajstić information content (AvgIpc) is 2.57. The average molecular weight is 312 g/mol. The van der Waals surface area contributed by atoms with Gasteiger partial charge in [0.1, 0.15) is 0 Å². The van der Waals surface area contributed by atoms with Gasteiger partial charge in [0.05, 0.1) is 5.56 Å². The van der Waals surface area contributed by atoms with Crippen LogP contribution in [0.15, 0.2) is 36.7 Å². The maximum absolute atomic E-state index is 12.5. The first-order valence-corrected chi connectivity index (χ1v) is 8.09. The lowest BCUT2D eigenvalue weighted by molar-refractivity contribution is 0.0755. The Morgan fingerprint density at radius 3 is 2.13 bits per heavy atom. The molecule has 2 aromatic rings. The number of amides is 1. The largest absolute Gasteiger partial charge is 0.339 e. The summed E-state index contributed by atoms with van der Waals surface area (Å²) in [6, 6.07) is 7.99. The fraction of sp³-hybridized carbons (Fsp3) is 0.389. The summed E-state index contributed by atoms with van der Waals surface area (Å²) < 4.78 is 0. The van der Waals surface area contributed by atoms with E-state index in [4.69, 9.17) is 0 Å². The van der Waals surface area contributed by atoms with E-state index in [1.165, 1.54) is 5.56 Å². The van der Waals surface area contributed by atoms with E-state index in [1.54, 1.807) is 12.4 Å². The molecule has 1 aromatic heterocycles. The highest BCUT2D eigenvalue weighted by atomic mass is 16.2. The monoisotopic (exact) mass is 312 g/mol. The second kappa shape index (κ2) is 8.27. The summed E-state index contributed by atoms with van der Waals surface area (Å²) in [5, 5.41) is 3.13. The van der Waals surface area contributed by atoms with E-state index in [-0.39, 0.29) is 5.91 Å². The summed E-state index contributed by atoms with van der Waals surface area (Å²) in [4.78, 5) is 22.8. The second-order valence-corrected chi connectivity index (χ2v) is 5.58. The SMILES string of the molecule is CCCN(CCC)C(=O)c1cnc(Nc2ccc(C)cc2)nc1. The molecule has 1 N–H and O–H groups in total. The molecule has 0 spiro atoms. The van der Waals surface area contributed by atoms with Gasteiger partial charge in [0.2, 0.25) is 5.95 Å². The van der Waals surface area contributed by atoms with Crippen LogP contribution in [0, 0.1) is 6.92 Å². The van der Waals surface area contributed by atoms with Gasteiger partial charge in [-0.05, 0) is 31.9 Å². The molecule has 0 saturated heterocycles. The molecule has 5 heteroatoms. The van der Waals surface area contributed by atoms with E-state index < -0.39 is 0 Å². The number of nitrogens with zero attached hydrogens (tertiary/aromatic N) is 3. The third kappa shape index (κ3) is 4.77. The lowest BCUT2D eigenvalue weighted by atomic mass is 10.2. The highest BCUT2D eigenvalue weighted by molar-refractivity contribution is 5.93. The Hall–Kier alpha value is -2.43. The van der Waals surface area contributed by atoms with Crippen molar-refractivity contribution < 1.29 is 4.79 Å². The van der Waals surface area contributed by atoms with Crippen molar-refractivity contribution in [1.29, 1.82) is 0 Å². The minimum absolute atomic E-state index is 0.00409. The number of carbonyl (C=O) groups is 1. The van der Waals surface area contributed by atoms with Gasteiger partial charge in [-0.15, -0.1) is 0 Å². The molecule has 122 valence electrons. The van der Waals surface area contributed by atoms with Crippen molar-refractivity contribution in [1.82, 2.24) is 14.9 Å². The summed E-state index contributed by atoms with van der Waals surface area (Å²) >= 11 is 0. The first kappa shape index (κ1) is 16.9. The molecule has 2 rings (SSSR count). The molecular weight excluding hydrogens is 288 g/mol. The molecule has 1 heterocycles. The van der Waals surface area contributed by atoms with Crippen LogP contribution in [-0.4, -0.2) is 33.9 Å². The Labute approximate surface area is 137 Å². The van der Waals surface area contributed by atoms with Crippen molar-refractivity contribution >= 4 is 17.5 Å². The molecular formula is C18H24N4O. The predicted octanol–water partition coefficient (Wildman–Crippen LogP) is 3.79. The molecule has 5 nitrogen and oxygen atoms in total. The predicted molar refractivity (Wildman–Crippen MR) is 93.0 cm³/mol. The maximum Gasteiger partial charge on any atom is 0.256 e. The smallest absolute Gasteiger partial charge is 0.256 e. The van der Waals surface area contributed by atoms with Gasteiger partial charge < -0.3 is 10.2 Å². The van der Waals surface area contributed by atoms with Gasteiger partial charge in [-0.3, -0.25) is 4.79 Å². The molecule has 0 atom stereocenters. The quantitative estimate of drug-likeness (QED) is 0.845. The topological polar surface area (TPSA) is 58.1 Å². The van der Waals surface area contributed by atoms with E-state index in [0.29, 0.717) is 11.5 Å². The van der Waals surface area contributed by atoms with Gasteiger partial charge in [0, 0.05) is 31.2 Å². The molecule has 0 aliphatic rings. The van der Waals surface area contributed by atoms with Crippen LogP contribution < -0.4 is 5.32 Å². The van der Waals surface area contributed by atoms with Gasteiger partial charge in [-0.2, -0.15) is 0 Å². The summed E-state index contributed by atoms with van der Waals surface area (Å²) in [5.74, 6) is 0.485. The van der Waals surface area contributed by atoms with Gasteiger partial charge in [0.15, 0.2) is 0 Å². The normalized spacial score (nSPS) is 10.4. The maximum atomic E-state index is 12.5. The zero-order chi connectivity index (χ0) is 16.7.